The maximum atomic E-state index is 11.7. The molecule has 0 aromatic carbocycles. The van der Waals surface area contributed by atoms with Gasteiger partial charge in [-0.1, -0.05) is 0 Å². The number of hydrogen-bond acceptors (Lipinski definition) is 3. The molecule has 5 nitrogen and oxygen atoms in total. The zero-order valence-electron chi connectivity index (χ0n) is 9.74. The van der Waals surface area contributed by atoms with E-state index in [0.717, 1.165) is 19.4 Å². The molecule has 2 N–H and O–H groups in total. The normalized spacial score (nSPS) is 19.9. The molecule has 1 fully saturated rings. The zero-order valence-corrected chi connectivity index (χ0v) is 9.74. The highest BCUT2D eigenvalue weighted by molar-refractivity contribution is 5.77. The molecule has 1 aliphatic heterocycles. The van der Waals surface area contributed by atoms with E-state index in [-0.39, 0.29) is 24.5 Å². The maximum absolute atomic E-state index is 11.7. The van der Waals surface area contributed by atoms with Gasteiger partial charge in [-0.25, -0.2) is 0 Å². The van der Waals surface area contributed by atoms with Gasteiger partial charge in [0, 0.05) is 39.1 Å². The van der Waals surface area contributed by atoms with E-state index in [4.69, 9.17) is 5.11 Å². The van der Waals surface area contributed by atoms with Gasteiger partial charge in [0.25, 0.3) is 0 Å². The summed E-state index contributed by atoms with van der Waals surface area (Å²) >= 11 is 0. The van der Waals surface area contributed by atoms with Crippen LogP contribution in [0.5, 0.6) is 0 Å². The average molecular weight is 228 g/mol. The van der Waals surface area contributed by atoms with Crippen molar-refractivity contribution < 1.29 is 14.7 Å². The third-order valence-electron chi connectivity index (χ3n) is 2.75. The highest BCUT2D eigenvalue weighted by Gasteiger charge is 2.25. The van der Waals surface area contributed by atoms with E-state index in [1.807, 2.05) is 0 Å². The Morgan fingerprint density at radius 2 is 2.19 bits per heavy atom. The summed E-state index contributed by atoms with van der Waals surface area (Å²) in [7, 11) is 0. The van der Waals surface area contributed by atoms with Crippen LogP contribution in [-0.4, -0.2) is 47.6 Å². The van der Waals surface area contributed by atoms with Crippen molar-refractivity contribution in [2.24, 2.45) is 0 Å². The van der Waals surface area contributed by atoms with Crippen molar-refractivity contribution >= 4 is 11.8 Å². The lowest BCUT2D eigenvalue weighted by molar-refractivity contribution is -0.130. The highest BCUT2D eigenvalue weighted by atomic mass is 16.3. The first-order chi connectivity index (χ1) is 7.63. The van der Waals surface area contributed by atoms with Crippen LogP contribution in [0.3, 0.4) is 0 Å². The van der Waals surface area contributed by atoms with Crippen LogP contribution in [0.1, 0.15) is 32.6 Å². The molecule has 0 bridgehead atoms. The van der Waals surface area contributed by atoms with Crippen LogP contribution in [0.25, 0.3) is 0 Å². The molecule has 1 unspecified atom stereocenters. The summed E-state index contributed by atoms with van der Waals surface area (Å²) in [5, 5.41) is 11.4. The molecule has 1 aliphatic rings. The van der Waals surface area contributed by atoms with Crippen LogP contribution in [0.4, 0.5) is 0 Å². The molecule has 16 heavy (non-hydrogen) atoms. The van der Waals surface area contributed by atoms with Crippen LogP contribution in [0, 0.1) is 0 Å². The minimum atomic E-state index is -0.0421. The van der Waals surface area contributed by atoms with E-state index < -0.39 is 0 Å². The number of likely N-dealkylation sites (tertiary alicyclic amines) is 1. The Morgan fingerprint density at radius 1 is 1.44 bits per heavy atom. The third kappa shape index (κ3) is 4.18. The van der Waals surface area contributed by atoms with E-state index in [2.05, 4.69) is 5.32 Å². The lowest BCUT2D eigenvalue weighted by Crippen LogP contribution is -2.37. The van der Waals surface area contributed by atoms with Gasteiger partial charge in [0.1, 0.15) is 0 Å². The summed E-state index contributed by atoms with van der Waals surface area (Å²) in [5.74, 6) is 0.0841. The van der Waals surface area contributed by atoms with Crippen molar-refractivity contribution in [1.29, 1.82) is 0 Å². The Kier molecular flexibility index (Phi) is 5.25. The Balaban J connectivity index is 2.24. The van der Waals surface area contributed by atoms with E-state index in [1.54, 1.807) is 4.90 Å². The minimum absolute atomic E-state index is 0.0421. The minimum Gasteiger partial charge on any atom is -0.396 e. The van der Waals surface area contributed by atoms with Crippen LogP contribution in [-0.2, 0) is 9.59 Å². The molecular formula is C11H20N2O3. The monoisotopic (exact) mass is 228 g/mol. The molecule has 0 aromatic rings. The molecule has 1 rings (SSSR count). The van der Waals surface area contributed by atoms with Gasteiger partial charge >= 0.3 is 0 Å². The van der Waals surface area contributed by atoms with Crippen molar-refractivity contribution in [3.8, 4) is 0 Å². The molecule has 0 aliphatic carbocycles. The second-order valence-corrected chi connectivity index (χ2v) is 4.21. The number of rotatable bonds is 5. The van der Waals surface area contributed by atoms with E-state index in [1.165, 1.54) is 6.92 Å². The summed E-state index contributed by atoms with van der Waals surface area (Å²) in [6, 6.07) is 0.110. The highest BCUT2D eigenvalue weighted by Crippen LogP contribution is 2.11. The smallest absolute Gasteiger partial charge is 0.222 e. The third-order valence-corrected chi connectivity index (χ3v) is 2.75. The van der Waals surface area contributed by atoms with Crippen LogP contribution >= 0.6 is 0 Å². The lowest BCUT2D eigenvalue weighted by Gasteiger charge is -2.16. The summed E-state index contributed by atoms with van der Waals surface area (Å²) in [4.78, 5) is 24.3. The standard InChI is InChI=1S/C11H20N2O3/c1-9(15)12-10-5-6-13(8-10)11(16)4-2-3-7-14/h10,14H,2-8H2,1H3,(H,12,15). The Morgan fingerprint density at radius 3 is 2.81 bits per heavy atom. The maximum Gasteiger partial charge on any atom is 0.222 e. The number of hydrogen-bond donors (Lipinski definition) is 2. The second kappa shape index (κ2) is 6.48. The van der Waals surface area contributed by atoms with Crippen LogP contribution < -0.4 is 5.32 Å². The quantitative estimate of drug-likeness (QED) is 0.645. The number of aliphatic hydroxyl groups is 1. The molecule has 0 aromatic heterocycles. The van der Waals surface area contributed by atoms with Gasteiger partial charge in [-0.2, -0.15) is 0 Å². The van der Waals surface area contributed by atoms with Gasteiger partial charge in [0.15, 0.2) is 0 Å². The number of nitrogens with one attached hydrogen (secondary N) is 1. The number of amides is 2. The largest absolute Gasteiger partial charge is 0.396 e. The molecule has 1 heterocycles. The van der Waals surface area contributed by atoms with Gasteiger partial charge in [-0.3, -0.25) is 9.59 Å². The molecule has 0 spiro atoms. The molecule has 0 radical (unpaired) electrons. The predicted molar refractivity (Wildman–Crippen MR) is 59.7 cm³/mol. The number of carbonyl (C=O) groups excluding carboxylic acids is 2. The summed E-state index contributed by atoms with van der Waals surface area (Å²) in [6.45, 7) is 2.98. The molecule has 2 amide bonds. The van der Waals surface area contributed by atoms with Gasteiger partial charge in [-0.05, 0) is 19.3 Å². The lowest BCUT2D eigenvalue weighted by atomic mass is 10.2. The van der Waals surface area contributed by atoms with Gasteiger partial charge in [0.2, 0.25) is 11.8 Å². The first-order valence-electron chi connectivity index (χ1n) is 5.79. The Labute approximate surface area is 95.8 Å². The fourth-order valence-electron chi connectivity index (χ4n) is 1.94. The fraction of sp³-hybridized carbons (Fsp3) is 0.818. The number of aliphatic hydroxyl groups excluding tert-OH is 1. The zero-order chi connectivity index (χ0) is 12.0. The van der Waals surface area contributed by atoms with Gasteiger partial charge in [-0.15, -0.1) is 0 Å². The topological polar surface area (TPSA) is 69.6 Å². The van der Waals surface area contributed by atoms with Crippen LogP contribution in [0.2, 0.25) is 0 Å². The molecule has 5 heteroatoms. The second-order valence-electron chi connectivity index (χ2n) is 4.21. The molecular weight excluding hydrogens is 208 g/mol. The van der Waals surface area contributed by atoms with Crippen molar-refractivity contribution in [3.05, 3.63) is 0 Å². The number of unbranched alkanes of at least 4 members (excludes halogenated alkanes) is 1. The number of nitrogens with zero attached hydrogens (tertiary/aromatic N) is 1. The van der Waals surface area contributed by atoms with Crippen LogP contribution in [0.15, 0.2) is 0 Å². The Hall–Kier alpha value is -1.10. The number of carbonyl (C=O) groups is 2. The van der Waals surface area contributed by atoms with E-state index in [0.29, 0.717) is 19.4 Å². The average Bonchev–Trinajstić information content (AvgIpc) is 2.65. The molecule has 92 valence electrons. The van der Waals surface area contributed by atoms with Crippen molar-refractivity contribution in [2.75, 3.05) is 19.7 Å². The SMILES string of the molecule is CC(=O)NC1CCN(C(=O)CCCCO)C1. The predicted octanol–water partition coefficient (Wildman–Crippen LogP) is -0.114. The van der Waals surface area contributed by atoms with Crippen molar-refractivity contribution in [3.63, 3.8) is 0 Å². The van der Waals surface area contributed by atoms with Gasteiger partial charge < -0.3 is 15.3 Å². The van der Waals surface area contributed by atoms with Crippen molar-refractivity contribution in [1.82, 2.24) is 10.2 Å². The van der Waals surface area contributed by atoms with E-state index in [9.17, 15) is 9.59 Å². The Bertz CT molecular complexity index is 256. The molecule has 1 saturated heterocycles. The van der Waals surface area contributed by atoms with E-state index >= 15 is 0 Å². The van der Waals surface area contributed by atoms with Gasteiger partial charge in [0.05, 0.1) is 0 Å². The summed E-state index contributed by atoms with van der Waals surface area (Å²) < 4.78 is 0. The molecule has 1 atom stereocenters. The summed E-state index contributed by atoms with van der Waals surface area (Å²) in [5.41, 5.74) is 0. The first kappa shape index (κ1) is 13.0. The summed E-state index contributed by atoms with van der Waals surface area (Å²) in [6.07, 6.45) is 2.74. The molecule has 0 saturated carbocycles. The fourth-order valence-corrected chi connectivity index (χ4v) is 1.94. The first-order valence-corrected chi connectivity index (χ1v) is 5.79. The van der Waals surface area contributed by atoms with Crippen molar-refractivity contribution in [2.45, 2.75) is 38.6 Å².